The summed E-state index contributed by atoms with van der Waals surface area (Å²) < 4.78 is 14.9. The number of nitrogen functional groups attached to an aromatic ring is 1. The minimum absolute atomic E-state index is 0.298. The number of carbonyl (C=O) groups excluding carboxylic acids is 1. The van der Waals surface area contributed by atoms with Crippen molar-refractivity contribution >= 4 is 17.3 Å². The summed E-state index contributed by atoms with van der Waals surface area (Å²) >= 11 is 0. The van der Waals surface area contributed by atoms with E-state index in [0.717, 1.165) is 5.56 Å². The number of aryl methyl sites for hydroxylation is 3. The van der Waals surface area contributed by atoms with E-state index in [-0.39, 0.29) is 0 Å². The first kappa shape index (κ1) is 14.0. The molecule has 1 heterocycles. The van der Waals surface area contributed by atoms with E-state index in [0.29, 0.717) is 29.3 Å². The van der Waals surface area contributed by atoms with Crippen LogP contribution in [-0.2, 0) is 6.54 Å². The van der Waals surface area contributed by atoms with Crippen LogP contribution in [0, 0.1) is 19.7 Å². The summed E-state index contributed by atoms with van der Waals surface area (Å²) in [6.07, 6.45) is 0. The van der Waals surface area contributed by atoms with Gasteiger partial charge in [-0.05, 0) is 44.5 Å². The number of nitrogens with zero attached hydrogens (tertiary/aromatic N) is 2. The normalized spacial score (nSPS) is 10.6. The van der Waals surface area contributed by atoms with Crippen LogP contribution in [0.5, 0.6) is 0 Å². The number of aromatic nitrogens is 2. The van der Waals surface area contributed by atoms with Crippen LogP contribution in [-0.4, -0.2) is 15.7 Å². The number of amides is 1. The number of nitrogens with two attached hydrogens (primary N) is 1. The van der Waals surface area contributed by atoms with E-state index in [1.807, 2.05) is 6.92 Å². The molecule has 0 aliphatic rings. The molecule has 2 rings (SSSR count). The Labute approximate surface area is 116 Å². The third kappa shape index (κ3) is 2.64. The van der Waals surface area contributed by atoms with Crippen molar-refractivity contribution < 1.29 is 9.18 Å². The molecule has 0 saturated carbocycles. The predicted molar refractivity (Wildman–Crippen MR) is 76.1 cm³/mol. The first-order chi connectivity index (χ1) is 9.42. The van der Waals surface area contributed by atoms with Gasteiger partial charge >= 0.3 is 0 Å². The lowest BCUT2D eigenvalue weighted by Gasteiger charge is -2.08. The highest BCUT2D eigenvalue weighted by atomic mass is 19.1. The number of rotatable bonds is 3. The number of carbonyl (C=O) groups is 1. The van der Waals surface area contributed by atoms with Crippen LogP contribution < -0.4 is 11.1 Å². The highest BCUT2D eigenvalue weighted by molar-refractivity contribution is 6.06. The largest absolute Gasteiger partial charge is 0.395 e. The third-order valence-electron chi connectivity index (χ3n) is 2.99. The zero-order valence-corrected chi connectivity index (χ0v) is 11.7. The molecule has 0 atom stereocenters. The van der Waals surface area contributed by atoms with Gasteiger partial charge in [0.1, 0.15) is 11.5 Å². The molecule has 0 bridgehead atoms. The van der Waals surface area contributed by atoms with Gasteiger partial charge in [-0.15, -0.1) is 0 Å². The molecule has 0 aliphatic carbocycles. The summed E-state index contributed by atoms with van der Waals surface area (Å²) in [7, 11) is 0. The van der Waals surface area contributed by atoms with Gasteiger partial charge in [0.05, 0.1) is 11.4 Å². The second-order valence-electron chi connectivity index (χ2n) is 4.63. The fraction of sp³-hybridized carbons (Fsp3) is 0.286. The quantitative estimate of drug-likeness (QED) is 0.904. The van der Waals surface area contributed by atoms with Gasteiger partial charge in [-0.25, -0.2) is 4.39 Å². The molecule has 5 nitrogen and oxygen atoms in total. The molecule has 6 heteroatoms. The van der Waals surface area contributed by atoms with Crippen LogP contribution in [0.2, 0.25) is 0 Å². The molecular weight excluding hydrogens is 259 g/mol. The SMILES string of the molecule is CCn1nc(C)c(N)c1C(=O)Nc1cc(C)cc(F)c1. The van der Waals surface area contributed by atoms with Crippen molar-refractivity contribution in [1.29, 1.82) is 0 Å². The maximum Gasteiger partial charge on any atom is 0.276 e. The van der Waals surface area contributed by atoms with Gasteiger partial charge in [-0.3, -0.25) is 9.48 Å². The van der Waals surface area contributed by atoms with E-state index in [1.165, 1.54) is 16.8 Å². The van der Waals surface area contributed by atoms with Crippen LogP contribution in [0.3, 0.4) is 0 Å². The van der Waals surface area contributed by atoms with E-state index in [4.69, 9.17) is 5.73 Å². The molecule has 1 aromatic heterocycles. The molecule has 3 N–H and O–H groups in total. The molecule has 0 fully saturated rings. The second kappa shape index (κ2) is 5.32. The molecule has 2 aromatic rings. The van der Waals surface area contributed by atoms with Crippen molar-refractivity contribution in [3.05, 3.63) is 41.0 Å². The second-order valence-corrected chi connectivity index (χ2v) is 4.63. The predicted octanol–water partition coefficient (Wildman–Crippen LogP) is 2.49. The zero-order chi connectivity index (χ0) is 14.9. The van der Waals surface area contributed by atoms with Crippen molar-refractivity contribution in [2.45, 2.75) is 27.3 Å². The Morgan fingerprint density at radius 2 is 2.10 bits per heavy atom. The van der Waals surface area contributed by atoms with Crippen molar-refractivity contribution in [2.75, 3.05) is 11.1 Å². The maximum atomic E-state index is 13.3. The van der Waals surface area contributed by atoms with Gasteiger partial charge in [0.15, 0.2) is 0 Å². The third-order valence-corrected chi connectivity index (χ3v) is 2.99. The van der Waals surface area contributed by atoms with Gasteiger partial charge < -0.3 is 11.1 Å². The summed E-state index contributed by atoms with van der Waals surface area (Å²) in [6, 6.07) is 4.35. The molecule has 0 saturated heterocycles. The van der Waals surface area contributed by atoms with Crippen molar-refractivity contribution in [2.24, 2.45) is 0 Å². The average molecular weight is 276 g/mol. The standard InChI is InChI=1S/C14H17FN4O/c1-4-19-13(12(16)9(3)18-19)14(20)17-11-6-8(2)5-10(15)7-11/h5-7H,4,16H2,1-3H3,(H,17,20). The molecule has 20 heavy (non-hydrogen) atoms. The highest BCUT2D eigenvalue weighted by Gasteiger charge is 2.19. The van der Waals surface area contributed by atoms with Crippen LogP contribution >= 0.6 is 0 Å². The first-order valence-electron chi connectivity index (χ1n) is 6.33. The number of hydrogen-bond donors (Lipinski definition) is 2. The summed E-state index contributed by atoms with van der Waals surface area (Å²) in [5, 5.41) is 6.83. The van der Waals surface area contributed by atoms with Crippen molar-refractivity contribution in [3.8, 4) is 0 Å². The van der Waals surface area contributed by atoms with E-state index >= 15 is 0 Å². The molecule has 106 valence electrons. The van der Waals surface area contributed by atoms with Gasteiger partial charge in [0.2, 0.25) is 0 Å². The lowest BCUT2D eigenvalue weighted by Crippen LogP contribution is -2.19. The van der Waals surface area contributed by atoms with Crippen LogP contribution in [0.4, 0.5) is 15.8 Å². The summed E-state index contributed by atoms with van der Waals surface area (Å²) in [5.41, 5.74) is 8.25. The van der Waals surface area contributed by atoms with E-state index < -0.39 is 11.7 Å². The lowest BCUT2D eigenvalue weighted by molar-refractivity contribution is 0.101. The van der Waals surface area contributed by atoms with Crippen molar-refractivity contribution in [1.82, 2.24) is 9.78 Å². The molecule has 0 unspecified atom stereocenters. The monoisotopic (exact) mass is 276 g/mol. The fourth-order valence-corrected chi connectivity index (χ4v) is 2.06. The highest BCUT2D eigenvalue weighted by Crippen LogP contribution is 2.19. The molecule has 1 aromatic carbocycles. The van der Waals surface area contributed by atoms with Crippen LogP contribution in [0.15, 0.2) is 18.2 Å². The minimum atomic E-state index is -0.395. The summed E-state index contributed by atoms with van der Waals surface area (Å²) in [4.78, 5) is 12.3. The number of nitrogens with one attached hydrogen (secondary N) is 1. The number of anilines is 2. The maximum absolute atomic E-state index is 13.3. The Balaban J connectivity index is 2.33. The number of halogens is 1. The Morgan fingerprint density at radius 3 is 2.70 bits per heavy atom. The number of benzene rings is 1. The van der Waals surface area contributed by atoms with Gasteiger partial charge in [-0.2, -0.15) is 5.10 Å². The summed E-state index contributed by atoms with van der Waals surface area (Å²) in [5.74, 6) is -0.789. The van der Waals surface area contributed by atoms with Gasteiger partial charge in [0.25, 0.3) is 5.91 Å². The Hall–Kier alpha value is -2.37. The average Bonchev–Trinajstić information content (AvgIpc) is 2.63. The Kier molecular flexibility index (Phi) is 3.74. The van der Waals surface area contributed by atoms with E-state index in [9.17, 15) is 9.18 Å². The van der Waals surface area contributed by atoms with Gasteiger partial charge in [-0.1, -0.05) is 0 Å². The minimum Gasteiger partial charge on any atom is -0.395 e. The van der Waals surface area contributed by atoms with Gasteiger partial charge in [0, 0.05) is 12.2 Å². The van der Waals surface area contributed by atoms with Crippen LogP contribution in [0.25, 0.3) is 0 Å². The van der Waals surface area contributed by atoms with E-state index in [2.05, 4.69) is 10.4 Å². The molecule has 0 radical (unpaired) electrons. The molecule has 0 spiro atoms. The molecular formula is C14H17FN4O. The topological polar surface area (TPSA) is 72.9 Å². The fourth-order valence-electron chi connectivity index (χ4n) is 2.06. The van der Waals surface area contributed by atoms with E-state index in [1.54, 1.807) is 19.9 Å². The smallest absolute Gasteiger partial charge is 0.276 e. The first-order valence-corrected chi connectivity index (χ1v) is 6.33. The molecule has 0 aliphatic heterocycles. The lowest BCUT2D eigenvalue weighted by atomic mass is 10.2. The summed E-state index contributed by atoms with van der Waals surface area (Å²) in [6.45, 7) is 5.90. The van der Waals surface area contributed by atoms with Crippen molar-refractivity contribution in [3.63, 3.8) is 0 Å². The Bertz CT molecular complexity index is 643. The Morgan fingerprint density at radius 1 is 1.40 bits per heavy atom. The van der Waals surface area contributed by atoms with Crippen LogP contribution in [0.1, 0.15) is 28.7 Å². The molecule has 1 amide bonds. The zero-order valence-electron chi connectivity index (χ0n) is 11.7. The number of hydrogen-bond acceptors (Lipinski definition) is 3.